The molecule has 0 saturated carbocycles. The summed E-state index contributed by atoms with van der Waals surface area (Å²) in [6, 6.07) is 10.6. The number of aryl methyl sites for hydroxylation is 2. The lowest BCUT2D eigenvalue weighted by Crippen LogP contribution is -2.39. The van der Waals surface area contributed by atoms with Crippen LogP contribution < -0.4 is 0 Å². The smallest absolute Gasteiger partial charge is 0.253 e. The molecule has 116 valence electrons. The molecule has 1 saturated heterocycles. The van der Waals surface area contributed by atoms with Gasteiger partial charge in [-0.25, -0.2) is 4.39 Å². The number of carbonyl (C=O) groups excluding carboxylic acids is 1. The van der Waals surface area contributed by atoms with E-state index in [-0.39, 0.29) is 11.7 Å². The Balaban J connectivity index is 1.67. The fourth-order valence-corrected chi connectivity index (χ4v) is 3.36. The number of aromatic nitrogens is 1. The standard InChI is InChI=1S/C18H21FN2O/c1-13-3-4-14(2)21(13)17-9-11-20(12-10-17)18(22)15-5-7-16(19)8-6-15/h3-8,17H,9-12H2,1-2H3. The molecule has 1 aromatic carbocycles. The Morgan fingerprint density at radius 3 is 2.09 bits per heavy atom. The van der Waals surface area contributed by atoms with E-state index < -0.39 is 0 Å². The van der Waals surface area contributed by atoms with Crippen LogP contribution in [-0.4, -0.2) is 28.5 Å². The number of likely N-dealkylation sites (tertiary alicyclic amines) is 1. The van der Waals surface area contributed by atoms with Gasteiger partial charge in [-0.2, -0.15) is 0 Å². The van der Waals surface area contributed by atoms with Crippen molar-refractivity contribution in [3.05, 3.63) is 59.2 Å². The van der Waals surface area contributed by atoms with Crippen LogP contribution in [0.25, 0.3) is 0 Å². The summed E-state index contributed by atoms with van der Waals surface area (Å²) >= 11 is 0. The molecule has 1 fully saturated rings. The van der Waals surface area contributed by atoms with Gasteiger partial charge in [0.05, 0.1) is 0 Å². The van der Waals surface area contributed by atoms with E-state index in [0.717, 1.165) is 25.9 Å². The van der Waals surface area contributed by atoms with Crippen molar-refractivity contribution in [2.75, 3.05) is 13.1 Å². The Morgan fingerprint density at radius 2 is 1.55 bits per heavy atom. The zero-order chi connectivity index (χ0) is 15.7. The van der Waals surface area contributed by atoms with Gasteiger partial charge < -0.3 is 9.47 Å². The summed E-state index contributed by atoms with van der Waals surface area (Å²) in [4.78, 5) is 14.3. The van der Waals surface area contributed by atoms with Gasteiger partial charge in [0, 0.05) is 36.1 Å². The molecule has 1 amide bonds. The number of hydrogen-bond acceptors (Lipinski definition) is 1. The molecule has 2 heterocycles. The first kappa shape index (κ1) is 14.8. The highest BCUT2D eigenvalue weighted by Crippen LogP contribution is 2.27. The monoisotopic (exact) mass is 300 g/mol. The van der Waals surface area contributed by atoms with E-state index in [4.69, 9.17) is 0 Å². The first-order chi connectivity index (χ1) is 10.6. The lowest BCUT2D eigenvalue weighted by molar-refractivity contribution is 0.0693. The number of rotatable bonds is 2. The minimum absolute atomic E-state index is 0.000556. The fraction of sp³-hybridized carbons (Fsp3) is 0.389. The topological polar surface area (TPSA) is 25.2 Å². The maximum Gasteiger partial charge on any atom is 0.253 e. The van der Waals surface area contributed by atoms with Crippen LogP contribution in [-0.2, 0) is 0 Å². The maximum absolute atomic E-state index is 12.9. The second kappa shape index (κ2) is 5.95. The largest absolute Gasteiger partial charge is 0.346 e. The maximum atomic E-state index is 12.9. The van der Waals surface area contributed by atoms with Crippen molar-refractivity contribution in [1.82, 2.24) is 9.47 Å². The number of halogens is 1. The summed E-state index contributed by atoms with van der Waals surface area (Å²) in [5.41, 5.74) is 3.12. The zero-order valence-corrected chi connectivity index (χ0v) is 13.1. The number of piperidine rings is 1. The van der Waals surface area contributed by atoms with Gasteiger partial charge in [-0.3, -0.25) is 4.79 Å². The molecule has 0 unspecified atom stereocenters. The molecule has 22 heavy (non-hydrogen) atoms. The van der Waals surface area contributed by atoms with Crippen LogP contribution in [0.15, 0.2) is 36.4 Å². The van der Waals surface area contributed by atoms with Crippen LogP contribution in [0.4, 0.5) is 4.39 Å². The number of amides is 1. The van der Waals surface area contributed by atoms with E-state index >= 15 is 0 Å². The molecule has 4 heteroatoms. The summed E-state index contributed by atoms with van der Waals surface area (Å²) in [5.74, 6) is -0.312. The Morgan fingerprint density at radius 1 is 1.00 bits per heavy atom. The molecule has 0 spiro atoms. The second-order valence-electron chi connectivity index (χ2n) is 6.02. The van der Waals surface area contributed by atoms with Crippen LogP contribution in [0.3, 0.4) is 0 Å². The summed E-state index contributed by atoms with van der Waals surface area (Å²) in [6.45, 7) is 5.75. The quantitative estimate of drug-likeness (QED) is 0.830. The first-order valence-corrected chi connectivity index (χ1v) is 7.75. The number of carbonyl (C=O) groups is 1. The van der Waals surface area contributed by atoms with Gasteiger partial charge in [0.15, 0.2) is 0 Å². The van der Waals surface area contributed by atoms with Crippen molar-refractivity contribution in [2.24, 2.45) is 0 Å². The minimum atomic E-state index is -0.311. The molecule has 1 aliphatic rings. The highest BCUT2D eigenvalue weighted by molar-refractivity contribution is 5.94. The predicted molar refractivity (Wildman–Crippen MR) is 84.5 cm³/mol. The van der Waals surface area contributed by atoms with Gasteiger partial charge >= 0.3 is 0 Å². The SMILES string of the molecule is Cc1ccc(C)n1C1CCN(C(=O)c2ccc(F)cc2)CC1. The van der Waals surface area contributed by atoms with Crippen molar-refractivity contribution in [2.45, 2.75) is 32.7 Å². The average Bonchev–Trinajstić information content (AvgIpc) is 2.86. The third-order valence-electron chi connectivity index (χ3n) is 4.53. The van der Waals surface area contributed by atoms with Crippen molar-refractivity contribution in [3.8, 4) is 0 Å². The van der Waals surface area contributed by atoms with Gasteiger partial charge in [-0.05, 0) is 63.1 Å². The van der Waals surface area contributed by atoms with Crippen molar-refractivity contribution >= 4 is 5.91 Å². The molecule has 2 aromatic rings. The van der Waals surface area contributed by atoms with E-state index in [0.29, 0.717) is 11.6 Å². The summed E-state index contributed by atoms with van der Waals surface area (Å²) in [7, 11) is 0. The van der Waals surface area contributed by atoms with Gasteiger partial charge in [0.25, 0.3) is 5.91 Å². The van der Waals surface area contributed by atoms with Crippen LogP contribution in [0.5, 0.6) is 0 Å². The van der Waals surface area contributed by atoms with Crippen LogP contribution >= 0.6 is 0 Å². The Labute approximate surface area is 130 Å². The molecule has 0 atom stereocenters. The minimum Gasteiger partial charge on any atom is -0.346 e. The van der Waals surface area contributed by atoms with Crippen LogP contribution in [0.1, 0.15) is 40.6 Å². The normalized spacial score (nSPS) is 16.0. The van der Waals surface area contributed by atoms with Crippen molar-refractivity contribution in [3.63, 3.8) is 0 Å². The van der Waals surface area contributed by atoms with Crippen LogP contribution in [0, 0.1) is 19.7 Å². The zero-order valence-electron chi connectivity index (χ0n) is 13.1. The predicted octanol–water partition coefficient (Wildman–Crippen LogP) is 3.72. The lowest BCUT2D eigenvalue weighted by Gasteiger charge is -2.34. The van der Waals surface area contributed by atoms with Gasteiger partial charge in [-0.15, -0.1) is 0 Å². The highest BCUT2D eigenvalue weighted by atomic mass is 19.1. The van der Waals surface area contributed by atoms with E-state index in [2.05, 4.69) is 30.5 Å². The molecule has 3 rings (SSSR count). The van der Waals surface area contributed by atoms with Crippen molar-refractivity contribution < 1.29 is 9.18 Å². The third kappa shape index (κ3) is 2.78. The average molecular weight is 300 g/mol. The molecule has 0 radical (unpaired) electrons. The highest BCUT2D eigenvalue weighted by Gasteiger charge is 2.25. The molecule has 0 aliphatic carbocycles. The second-order valence-corrected chi connectivity index (χ2v) is 6.02. The van der Waals surface area contributed by atoms with Crippen LogP contribution in [0.2, 0.25) is 0 Å². The van der Waals surface area contributed by atoms with Gasteiger partial charge in [0.1, 0.15) is 5.82 Å². The van der Waals surface area contributed by atoms with E-state index in [9.17, 15) is 9.18 Å². The molecule has 1 aromatic heterocycles. The molecule has 1 aliphatic heterocycles. The number of hydrogen-bond donors (Lipinski definition) is 0. The summed E-state index contributed by atoms with van der Waals surface area (Å²) < 4.78 is 15.3. The summed E-state index contributed by atoms with van der Waals surface area (Å²) in [5, 5.41) is 0. The van der Waals surface area contributed by atoms with Gasteiger partial charge in [-0.1, -0.05) is 0 Å². The molecular formula is C18H21FN2O. The third-order valence-corrected chi connectivity index (χ3v) is 4.53. The molecule has 0 bridgehead atoms. The van der Waals surface area contributed by atoms with Crippen molar-refractivity contribution in [1.29, 1.82) is 0 Å². The Bertz CT molecular complexity index is 647. The fourth-order valence-electron chi connectivity index (χ4n) is 3.36. The lowest BCUT2D eigenvalue weighted by atomic mass is 10.0. The van der Waals surface area contributed by atoms with Gasteiger partial charge in [0.2, 0.25) is 0 Å². The number of benzene rings is 1. The summed E-state index contributed by atoms with van der Waals surface area (Å²) in [6.07, 6.45) is 1.92. The Hall–Kier alpha value is -2.10. The Kier molecular flexibility index (Phi) is 4.01. The van der Waals surface area contributed by atoms with E-state index in [1.54, 1.807) is 12.1 Å². The molecule has 3 nitrogen and oxygen atoms in total. The molecule has 0 N–H and O–H groups in total. The molecular weight excluding hydrogens is 279 g/mol. The number of nitrogens with zero attached hydrogens (tertiary/aromatic N) is 2. The van der Waals surface area contributed by atoms with E-state index in [1.165, 1.54) is 23.5 Å². The van der Waals surface area contributed by atoms with E-state index in [1.807, 2.05) is 4.90 Å². The first-order valence-electron chi connectivity index (χ1n) is 7.75.